The van der Waals surface area contributed by atoms with Gasteiger partial charge in [-0.05, 0) is 37.8 Å². The second kappa shape index (κ2) is 6.08. The van der Waals surface area contributed by atoms with Crippen molar-refractivity contribution in [3.8, 4) is 0 Å². The van der Waals surface area contributed by atoms with Gasteiger partial charge in [0.1, 0.15) is 0 Å². The van der Waals surface area contributed by atoms with E-state index in [9.17, 15) is 52.7 Å². The molecule has 0 saturated heterocycles. The van der Waals surface area contributed by atoms with Crippen LogP contribution in [0, 0.1) is 10.8 Å². The second-order valence-corrected chi connectivity index (χ2v) is 6.12. The largest absolute Gasteiger partial charge is 0.406 e. The molecule has 0 aromatic carbocycles. The molecule has 0 spiro atoms. The van der Waals surface area contributed by atoms with Gasteiger partial charge in [0.2, 0.25) is 0 Å². The van der Waals surface area contributed by atoms with E-state index in [2.05, 4.69) is 0 Å². The molecule has 0 N–H and O–H groups in total. The first-order chi connectivity index (χ1) is 11.2. The van der Waals surface area contributed by atoms with Gasteiger partial charge in [-0.25, -0.2) is 0 Å². The van der Waals surface area contributed by atoms with Crippen molar-refractivity contribution >= 4 is 0 Å². The van der Waals surface area contributed by atoms with Gasteiger partial charge in [0.25, 0.3) is 0 Å². The van der Waals surface area contributed by atoms with E-state index in [0.717, 1.165) is 0 Å². The highest BCUT2D eigenvalue weighted by atomic mass is 19.4. The van der Waals surface area contributed by atoms with Crippen LogP contribution in [0.2, 0.25) is 0 Å². The van der Waals surface area contributed by atoms with Crippen LogP contribution in [0.3, 0.4) is 0 Å². The summed E-state index contributed by atoms with van der Waals surface area (Å²) in [7, 11) is 0. The van der Waals surface area contributed by atoms with Gasteiger partial charge in [-0.2, -0.15) is 52.7 Å². The van der Waals surface area contributed by atoms with Crippen LogP contribution in [0.1, 0.15) is 26.7 Å². The van der Waals surface area contributed by atoms with Gasteiger partial charge >= 0.3 is 24.7 Å². The third-order valence-corrected chi connectivity index (χ3v) is 4.70. The Balaban J connectivity index is 3.53. The van der Waals surface area contributed by atoms with E-state index in [1.54, 1.807) is 0 Å². The molecule has 1 rings (SSSR count). The van der Waals surface area contributed by atoms with Crippen LogP contribution in [0.5, 0.6) is 0 Å². The Bertz CT molecular complexity index is 511. The van der Waals surface area contributed by atoms with Gasteiger partial charge < -0.3 is 0 Å². The first-order valence-electron chi connectivity index (χ1n) is 6.89. The van der Waals surface area contributed by atoms with E-state index >= 15 is 0 Å². The number of halogens is 12. The summed E-state index contributed by atoms with van der Waals surface area (Å²) in [4.78, 5) is 0. The Hall–Kier alpha value is -1.36. The third-order valence-electron chi connectivity index (χ3n) is 4.70. The van der Waals surface area contributed by atoms with Crippen LogP contribution in [-0.4, -0.2) is 24.7 Å². The highest BCUT2D eigenvalue weighted by Gasteiger charge is 2.71. The van der Waals surface area contributed by atoms with E-state index in [1.807, 2.05) is 0 Å². The average Bonchev–Trinajstić information content (AvgIpc) is 2.40. The minimum absolute atomic E-state index is 0.0511. The fraction of sp³-hybridized carbons (Fsp3) is 0.714. The van der Waals surface area contributed by atoms with Crippen LogP contribution in [0.25, 0.3) is 0 Å². The summed E-state index contributed by atoms with van der Waals surface area (Å²) in [6, 6.07) is 0. The first-order valence-corrected chi connectivity index (χ1v) is 6.89. The van der Waals surface area contributed by atoms with Gasteiger partial charge in [0.15, 0.2) is 10.8 Å². The number of hydrogen-bond donors (Lipinski definition) is 0. The molecular formula is C14H12F12. The normalized spacial score (nSPS) is 18.5. The molecule has 1 aliphatic carbocycles. The van der Waals surface area contributed by atoms with Crippen molar-refractivity contribution in [2.75, 3.05) is 0 Å². The molecule has 0 aliphatic heterocycles. The summed E-state index contributed by atoms with van der Waals surface area (Å²) in [6.45, 7) is -0.408. The average molecular weight is 408 g/mol. The zero-order chi connectivity index (χ0) is 21.0. The van der Waals surface area contributed by atoms with Gasteiger partial charge in [0, 0.05) is 0 Å². The van der Waals surface area contributed by atoms with E-state index in [-0.39, 0.29) is 26.0 Å². The Labute approximate surface area is 139 Å². The molecular weight excluding hydrogens is 396 g/mol. The van der Waals surface area contributed by atoms with Crippen molar-refractivity contribution in [2.45, 2.75) is 51.4 Å². The molecule has 1 aliphatic rings. The van der Waals surface area contributed by atoms with Crippen molar-refractivity contribution in [3.63, 3.8) is 0 Å². The lowest BCUT2D eigenvalue weighted by Crippen LogP contribution is -2.51. The fourth-order valence-corrected chi connectivity index (χ4v) is 2.52. The summed E-state index contributed by atoms with van der Waals surface area (Å²) in [6.07, 6.45) is -25.7. The van der Waals surface area contributed by atoms with Crippen LogP contribution in [-0.2, 0) is 0 Å². The molecule has 0 aromatic heterocycles. The van der Waals surface area contributed by atoms with Crippen molar-refractivity contribution in [3.05, 3.63) is 23.3 Å². The van der Waals surface area contributed by atoms with Crippen molar-refractivity contribution in [1.82, 2.24) is 0 Å². The molecule has 0 atom stereocenters. The van der Waals surface area contributed by atoms with Gasteiger partial charge in [0.05, 0.1) is 0 Å². The molecule has 0 heterocycles. The Morgan fingerprint density at radius 2 is 0.692 bits per heavy atom. The predicted molar refractivity (Wildman–Crippen MR) is 65.8 cm³/mol. The van der Waals surface area contributed by atoms with Crippen molar-refractivity contribution < 1.29 is 52.7 Å². The predicted octanol–water partition coefficient (Wildman–Crippen LogP) is 6.89. The summed E-state index contributed by atoms with van der Waals surface area (Å²) < 4.78 is 155. The van der Waals surface area contributed by atoms with E-state index < -0.39 is 59.5 Å². The fourth-order valence-electron chi connectivity index (χ4n) is 2.52. The zero-order valence-electron chi connectivity index (χ0n) is 13.1. The van der Waals surface area contributed by atoms with Crippen LogP contribution in [0.4, 0.5) is 52.7 Å². The second-order valence-electron chi connectivity index (χ2n) is 6.12. The van der Waals surface area contributed by atoms with E-state index in [1.165, 1.54) is 0 Å². The maximum atomic E-state index is 13.0. The maximum absolute atomic E-state index is 13.0. The quantitative estimate of drug-likeness (QED) is 0.437. The SMILES string of the molecule is CC(C1=CC=C(C(C)(C(F)(F)F)C(F)(F)F)CC1)(C(F)(F)F)C(F)(F)F. The Morgan fingerprint density at radius 1 is 0.500 bits per heavy atom. The lowest BCUT2D eigenvalue weighted by Gasteiger charge is -2.40. The van der Waals surface area contributed by atoms with E-state index in [4.69, 9.17) is 0 Å². The standard InChI is InChI=1S/C14H12F12/c1-9(11(15,16)17,12(18,19)20)7-3-5-8(6-4-7)10(2,13(21,22)23)14(24,25)26/h3,5H,4,6H2,1-2H3. The summed E-state index contributed by atoms with van der Waals surface area (Å²) in [5.41, 5.74) is -11.5. The summed E-state index contributed by atoms with van der Waals surface area (Å²) >= 11 is 0. The molecule has 0 fully saturated rings. The molecule has 0 saturated carbocycles. The van der Waals surface area contributed by atoms with Crippen LogP contribution < -0.4 is 0 Å². The highest BCUT2D eigenvalue weighted by Crippen LogP contribution is 2.60. The number of hydrogen-bond acceptors (Lipinski definition) is 0. The summed E-state index contributed by atoms with van der Waals surface area (Å²) in [5, 5.41) is 0. The molecule has 0 bridgehead atoms. The molecule has 152 valence electrons. The smallest absolute Gasteiger partial charge is 0.170 e. The van der Waals surface area contributed by atoms with Gasteiger partial charge in [-0.1, -0.05) is 12.2 Å². The summed E-state index contributed by atoms with van der Waals surface area (Å²) in [5.74, 6) is 0. The van der Waals surface area contributed by atoms with Gasteiger partial charge in [-0.3, -0.25) is 0 Å². The van der Waals surface area contributed by atoms with Crippen LogP contribution >= 0.6 is 0 Å². The minimum atomic E-state index is -5.83. The third kappa shape index (κ3) is 3.30. The molecule has 0 nitrogen and oxygen atoms in total. The lowest BCUT2D eigenvalue weighted by molar-refractivity contribution is -0.323. The number of allylic oxidation sites excluding steroid dienone is 4. The van der Waals surface area contributed by atoms with Gasteiger partial charge in [-0.15, -0.1) is 0 Å². The monoisotopic (exact) mass is 408 g/mol. The molecule has 0 aromatic rings. The zero-order valence-corrected chi connectivity index (χ0v) is 13.1. The molecule has 0 unspecified atom stereocenters. The lowest BCUT2D eigenvalue weighted by atomic mass is 9.71. The molecule has 0 radical (unpaired) electrons. The Morgan fingerprint density at radius 3 is 0.808 bits per heavy atom. The minimum Gasteiger partial charge on any atom is -0.170 e. The Kier molecular flexibility index (Phi) is 5.30. The van der Waals surface area contributed by atoms with Crippen LogP contribution in [0.15, 0.2) is 23.3 Å². The molecule has 26 heavy (non-hydrogen) atoms. The van der Waals surface area contributed by atoms with E-state index in [0.29, 0.717) is 0 Å². The number of rotatable bonds is 2. The topological polar surface area (TPSA) is 0 Å². The maximum Gasteiger partial charge on any atom is 0.406 e. The molecule has 12 heteroatoms. The number of alkyl halides is 12. The molecule has 0 amide bonds. The highest BCUT2D eigenvalue weighted by molar-refractivity contribution is 5.35. The van der Waals surface area contributed by atoms with Crippen molar-refractivity contribution in [2.24, 2.45) is 10.8 Å². The first kappa shape index (κ1) is 22.7. The van der Waals surface area contributed by atoms with Crippen molar-refractivity contribution in [1.29, 1.82) is 0 Å².